The molecule has 0 saturated heterocycles. The van der Waals surface area contributed by atoms with Gasteiger partial charge in [-0.25, -0.2) is 9.97 Å². The van der Waals surface area contributed by atoms with Crippen LogP contribution in [0.3, 0.4) is 0 Å². The molecule has 4 heterocycles. The van der Waals surface area contributed by atoms with Crippen molar-refractivity contribution in [3.8, 4) is 39.7 Å². The molecular formula is C52H33N5. The maximum atomic E-state index is 5.30. The second kappa shape index (κ2) is 12.4. The van der Waals surface area contributed by atoms with Crippen molar-refractivity contribution < 1.29 is 0 Å². The van der Waals surface area contributed by atoms with E-state index in [-0.39, 0.29) is 0 Å². The van der Waals surface area contributed by atoms with Crippen LogP contribution in [-0.2, 0) is 0 Å². The number of para-hydroxylation sites is 4. The largest absolute Gasteiger partial charge is 0.309 e. The van der Waals surface area contributed by atoms with E-state index >= 15 is 0 Å². The number of aromatic nitrogens is 5. The summed E-state index contributed by atoms with van der Waals surface area (Å²) in [5, 5.41) is 7.27. The quantitative estimate of drug-likeness (QED) is 0.177. The van der Waals surface area contributed by atoms with E-state index in [4.69, 9.17) is 9.97 Å². The molecule has 12 aromatic rings. The number of fused-ring (bicyclic) bond motifs is 9. The van der Waals surface area contributed by atoms with E-state index in [0.717, 1.165) is 55.7 Å². The normalized spacial score (nSPS) is 11.9. The number of nitrogens with zero attached hydrogens (tertiary/aromatic N) is 5. The van der Waals surface area contributed by atoms with Gasteiger partial charge < -0.3 is 13.7 Å². The Morgan fingerprint density at radius 3 is 1.16 bits per heavy atom. The first-order valence-electron chi connectivity index (χ1n) is 19.3. The Morgan fingerprint density at radius 1 is 0.316 bits per heavy atom. The van der Waals surface area contributed by atoms with Crippen molar-refractivity contribution in [1.82, 2.24) is 23.7 Å². The van der Waals surface area contributed by atoms with E-state index in [9.17, 15) is 0 Å². The molecule has 0 fully saturated rings. The highest BCUT2D eigenvalue weighted by atomic mass is 15.0. The molecule has 0 bridgehead atoms. The highest BCUT2D eigenvalue weighted by Crippen LogP contribution is 2.41. The van der Waals surface area contributed by atoms with Crippen LogP contribution in [0, 0.1) is 0 Å². The summed E-state index contributed by atoms with van der Waals surface area (Å²) in [6.07, 6.45) is 2.00. The van der Waals surface area contributed by atoms with Gasteiger partial charge in [0.05, 0.1) is 50.7 Å². The molecule has 0 spiro atoms. The molecule has 57 heavy (non-hydrogen) atoms. The summed E-state index contributed by atoms with van der Waals surface area (Å²) < 4.78 is 7.15. The lowest BCUT2D eigenvalue weighted by atomic mass is 10.1. The van der Waals surface area contributed by atoms with Crippen molar-refractivity contribution in [2.75, 3.05) is 0 Å². The predicted octanol–water partition coefficient (Wildman–Crippen LogP) is 13.1. The molecule has 0 aliphatic rings. The van der Waals surface area contributed by atoms with Crippen molar-refractivity contribution in [3.05, 3.63) is 200 Å². The SMILES string of the molecule is c1ccc(-c2ncc(-n3c4ccc(-n5c6ccccc6c6ccccc65)cc4c4cc(-n5c6ccccc6c6ccccc65)ccc43)c(-c3ccccc3)n2)cc1. The van der Waals surface area contributed by atoms with Gasteiger partial charge in [0.25, 0.3) is 0 Å². The van der Waals surface area contributed by atoms with Crippen LogP contribution in [0.5, 0.6) is 0 Å². The molecule has 0 N–H and O–H groups in total. The summed E-state index contributed by atoms with van der Waals surface area (Å²) in [5.41, 5.74) is 12.9. The van der Waals surface area contributed by atoms with Crippen molar-refractivity contribution in [2.45, 2.75) is 0 Å². The zero-order valence-corrected chi connectivity index (χ0v) is 30.8. The van der Waals surface area contributed by atoms with Crippen LogP contribution in [0.15, 0.2) is 200 Å². The van der Waals surface area contributed by atoms with Gasteiger partial charge in [0.15, 0.2) is 5.82 Å². The van der Waals surface area contributed by atoms with Gasteiger partial charge in [-0.1, -0.05) is 133 Å². The zero-order chi connectivity index (χ0) is 37.5. The molecule has 12 rings (SSSR count). The first kappa shape index (κ1) is 31.6. The number of benzene rings is 8. The van der Waals surface area contributed by atoms with Crippen molar-refractivity contribution in [2.24, 2.45) is 0 Å². The van der Waals surface area contributed by atoms with Crippen molar-refractivity contribution >= 4 is 65.4 Å². The van der Waals surface area contributed by atoms with Crippen LogP contribution < -0.4 is 0 Å². The molecule has 5 heteroatoms. The van der Waals surface area contributed by atoms with Gasteiger partial charge in [0, 0.05) is 54.8 Å². The molecule has 4 aromatic heterocycles. The molecule has 0 saturated carbocycles. The lowest BCUT2D eigenvalue weighted by molar-refractivity contribution is 1.08. The van der Waals surface area contributed by atoms with Gasteiger partial charge in [-0.05, 0) is 60.7 Å². The van der Waals surface area contributed by atoms with Crippen LogP contribution in [0.25, 0.3) is 105 Å². The lowest BCUT2D eigenvalue weighted by Gasteiger charge is -2.15. The molecule has 0 atom stereocenters. The fourth-order valence-corrected chi connectivity index (χ4v) is 9.01. The Morgan fingerprint density at radius 2 is 0.702 bits per heavy atom. The number of hydrogen-bond donors (Lipinski definition) is 0. The highest BCUT2D eigenvalue weighted by molar-refractivity contribution is 6.14. The predicted molar refractivity (Wildman–Crippen MR) is 236 cm³/mol. The molecular weight excluding hydrogens is 695 g/mol. The summed E-state index contributed by atoms with van der Waals surface area (Å²) in [6, 6.07) is 69.3. The second-order valence-electron chi connectivity index (χ2n) is 14.6. The van der Waals surface area contributed by atoms with Crippen LogP contribution >= 0.6 is 0 Å². The minimum absolute atomic E-state index is 0.696. The van der Waals surface area contributed by atoms with Gasteiger partial charge in [-0.3, -0.25) is 0 Å². The Labute approximate surface area is 328 Å². The Hall–Kier alpha value is -7.76. The molecule has 266 valence electrons. The van der Waals surface area contributed by atoms with Gasteiger partial charge in [-0.15, -0.1) is 0 Å². The lowest BCUT2D eigenvalue weighted by Crippen LogP contribution is -2.03. The van der Waals surface area contributed by atoms with Crippen LogP contribution in [0.1, 0.15) is 0 Å². The smallest absolute Gasteiger partial charge is 0.159 e. The van der Waals surface area contributed by atoms with E-state index < -0.39 is 0 Å². The monoisotopic (exact) mass is 727 g/mol. The van der Waals surface area contributed by atoms with Crippen LogP contribution in [0.2, 0.25) is 0 Å². The Bertz CT molecular complexity index is 3240. The topological polar surface area (TPSA) is 40.6 Å². The van der Waals surface area contributed by atoms with Crippen molar-refractivity contribution in [3.63, 3.8) is 0 Å². The standard InChI is InChI=1S/C52H33N5/c1-3-15-34(16-4-1)51-50(33-53-52(54-51)35-17-5-2-6-18-35)57-48-29-27-36(55-44-23-11-7-19-38(44)39-20-8-12-24-45(39)55)31-42(48)43-32-37(28-30-49(43)57)56-46-25-13-9-21-40(46)41-22-10-14-26-47(41)56/h1-33H. The molecule has 8 aromatic carbocycles. The summed E-state index contributed by atoms with van der Waals surface area (Å²) >= 11 is 0. The number of hydrogen-bond acceptors (Lipinski definition) is 2. The first-order valence-corrected chi connectivity index (χ1v) is 19.3. The molecule has 0 aliphatic heterocycles. The maximum Gasteiger partial charge on any atom is 0.159 e. The molecule has 5 nitrogen and oxygen atoms in total. The van der Waals surface area contributed by atoms with Crippen molar-refractivity contribution in [1.29, 1.82) is 0 Å². The Balaban J connectivity index is 1.18. The summed E-state index contributed by atoms with van der Waals surface area (Å²) in [5.74, 6) is 0.696. The van der Waals surface area contributed by atoms with E-state index in [2.05, 4.69) is 190 Å². The average Bonchev–Trinajstić information content (AvgIpc) is 3.92. The average molecular weight is 728 g/mol. The second-order valence-corrected chi connectivity index (χ2v) is 14.6. The molecule has 0 radical (unpaired) electrons. The molecule has 0 unspecified atom stereocenters. The maximum absolute atomic E-state index is 5.30. The number of rotatable bonds is 5. The van der Waals surface area contributed by atoms with Crippen LogP contribution in [-0.4, -0.2) is 23.7 Å². The van der Waals surface area contributed by atoms with E-state index in [1.165, 1.54) is 43.6 Å². The summed E-state index contributed by atoms with van der Waals surface area (Å²) in [7, 11) is 0. The van der Waals surface area contributed by atoms with Gasteiger partial charge >= 0.3 is 0 Å². The first-order chi connectivity index (χ1) is 28.3. The van der Waals surface area contributed by atoms with E-state index in [1.807, 2.05) is 24.4 Å². The van der Waals surface area contributed by atoms with Crippen LogP contribution in [0.4, 0.5) is 0 Å². The van der Waals surface area contributed by atoms with E-state index in [0.29, 0.717) is 5.82 Å². The molecule has 0 aliphatic carbocycles. The molecule has 0 amide bonds. The third kappa shape index (κ3) is 4.76. The highest BCUT2D eigenvalue weighted by Gasteiger charge is 2.21. The summed E-state index contributed by atoms with van der Waals surface area (Å²) in [6.45, 7) is 0. The third-order valence-electron chi connectivity index (χ3n) is 11.5. The third-order valence-corrected chi connectivity index (χ3v) is 11.5. The Kier molecular flexibility index (Phi) is 6.86. The fourth-order valence-electron chi connectivity index (χ4n) is 9.01. The van der Waals surface area contributed by atoms with Gasteiger partial charge in [0.1, 0.15) is 0 Å². The van der Waals surface area contributed by atoms with Gasteiger partial charge in [-0.2, -0.15) is 0 Å². The minimum atomic E-state index is 0.696. The minimum Gasteiger partial charge on any atom is -0.309 e. The zero-order valence-electron chi connectivity index (χ0n) is 30.8. The van der Waals surface area contributed by atoms with E-state index in [1.54, 1.807) is 0 Å². The van der Waals surface area contributed by atoms with Gasteiger partial charge in [0.2, 0.25) is 0 Å². The summed E-state index contributed by atoms with van der Waals surface area (Å²) in [4.78, 5) is 10.3. The fraction of sp³-hybridized carbons (Fsp3) is 0.